The van der Waals surface area contributed by atoms with Crippen LogP contribution in [0.3, 0.4) is 0 Å². The van der Waals surface area contributed by atoms with Crippen LogP contribution in [-0.4, -0.2) is 37.8 Å². The monoisotopic (exact) mass is 294 g/mol. The molecule has 1 atom stereocenters. The number of aliphatic hydroxyl groups is 1. The van der Waals surface area contributed by atoms with Crippen LogP contribution < -0.4 is 10.9 Å². The number of aryl methyl sites for hydroxylation is 1. The van der Waals surface area contributed by atoms with Gasteiger partial charge < -0.3 is 15.0 Å². The third-order valence-electron chi connectivity index (χ3n) is 2.66. The minimum absolute atomic E-state index is 0.0531. The van der Waals surface area contributed by atoms with Gasteiger partial charge in [0.15, 0.2) is 0 Å². The second-order valence-electron chi connectivity index (χ2n) is 4.24. The average Bonchev–Trinajstić information content (AvgIpc) is 2.85. The lowest BCUT2D eigenvalue weighted by Gasteiger charge is -2.13. The van der Waals surface area contributed by atoms with Crippen molar-refractivity contribution in [1.82, 2.24) is 19.5 Å². The number of aliphatic hydroxyl groups excluding tert-OH is 1. The highest BCUT2D eigenvalue weighted by molar-refractivity contribution is 7.07. The highest BCUT2D eigenvalue weighted by Gasteiger charge is 2.14. The van der Waals surface area contributed by atoms with Gasteiger partial charge in [0.2, 0.25) is 0 Å². The molecule has 20 heavy (non-hydrogen) atoms. The Morgan fingerprint density at radius 2 is 2.35 bits per heavy atom. The summed E-state index contributed by atoms with van der Waals surface area (Å²) in [5.41, 5.74) is 0.363. The molecule has 0 saturated heterocycles. The molecule has 0 bridgehead atoms. The SMILES string of the molecule is Cc1nnsc1C(=O)NC[C@@H](O)Cn1ccccc1=O. The molecule has 0 fully saturated rings. The molecule has 0 aliphatic rings. The Morgan fingerprint density at radius 1 is 1.55 bits per heavy atom. The summed E-state index contributed by atoms with van der Waals surface area (Å²) in [6, 6.07) is 4.75. The Morgan fingerprint density at radius 3 is 3.00 bits per heavy atom. The van der Waals surface area contributed by atoms with E-state index in [1.54, 1.807) is 25.3 Å². The normalized spacial score (nSPS) is 12.1. The molecule has 0 aliphatic heterocycles. The fraction of sp³-hybridized carbons (Fsp3) is 0.333. The van der Waals surface area contributed by atoms with E-state index in [2.05, 4.69) is 14.9 Å². The molecule has 7 nitrogen and oxygen atoms in total. The van der Waals surface area contributed by atoms with Crippen molar-refractivity contribution in [2.75, 3.05) is 6.54 Å². The van der Waals surface area contributed by atoms with Gasteiger partial charge in [-0.1, -0.05) is 10.6 Å². The first kappa shape index (κ1) is 14.4. The summed E-state index contributed by atoms with van der Waals surface area (Å²) in [4.78, 5) is 23.7. The molecule has 2 aromatic rings. The molecule has 0 spiro atoms. The number of amides is 1. The molecule has 2 heterocycles. The second-order valence-corrected chi connectivity index (χ2v) is 5.00. The summed E-state index contributed by atoms with van der Waals surface area (Å²) in [6.45, 7) is 1.87. The highest BCUT2D eigenvalue weighted by Crippen LogP contribution is 2.08. The molecule has 2 rings (SSSR count). The third-order valence-corrected chi connectivity index (χ3v) is 3.49. The van der Waals surface area contributed by atoms with E-state index in [1.165, 1.54) is 10.6 Å². The van der Waals surface area contributed by atoms with Gasteiger partial charge in [0.05, 0.1) is 18.3 Å². The topological polar surface area (TPSA) is 97.1 Å². The van der Waals surface area contributed by atoms with E-state index in [0.717, 1.165) is 11.5 Å². The Labute approximate surface area is 119 Å². The van der Waals surface area contributed by atoms with E-state index in [9.17, 15) is 14.7 Å². The number of pyridine rings is 1. The maximum Gasteiger partial charge on any atom is 0.265 e. The van der Waals surface area contributed by atoms with Crippen molar-refractivity contribution in [3.05, 3.63) is 45.3 Å². The Kier molecular flexibility index (Phi) is 4.59. The van der Waals surface area contributed by atoms with Crippen LogP contribution in [0, 0.1) is 6.92 Å². The number of hydrogen-bond acceptors (Lipinski definition) is 6. The van der Waals surface area contributed by atoms with Gasteiger partial charge >= 0.3 is 0 Å². The molecule has 106 valence electrons. The van der Waals surface area contributed by atoms with Crippen molar-refractivity contribution in [3.63, 3.8) is 0 Å². The number of aromatic nitrogens is 3. The molecular formula is C12H14N4O3S. The Hall–Kier alpha value is -2.06. The molecule has 0 unspecified atom stereocenters. The fourth-order valence-corrected chi connectivity index (χ4v) is 2.21. The lowest BCUT2D eigenvalue weighted by Crippen LogP contribution is -2.36. The first-order valence-corrected chi connectivity index (χ1v) is 6.76. The standard InChI is InChI=1S/C12H14N4O3S/c1-8-11(20-15-14-8)12(19)13-6-9(17)7-16-5-3-2-4-10(16)18/h2-5,9,17H,6-7H2,1H3,(H,13,19)/t9-/m1/s1. The largest absolute Gasteiger partial charge is 0.389 e. The number of nitrogens with one attached hydrogen (secondary N) is 1. The van der Waals surface area contributed by atoms with Crippen LogP contribution in [0.1, 0.15) is 15.4 Å². The number of hydrogen-bond donors (Lipinski definition) is 2. The number of carbonyl (C=O) groups is 1. The highest BCUT2D eigenvalue weighted by atomic mass is 32.1. The Balaban J connectivity index is 1.88. The van der Waals surface area contributed by atoms with Crippen LogP contribution in [0.5, 0.6) is 0 Å². The minimum Gasteiger partial charge on any atom is -0.389 e. The predicted molar refractivity (Wildman–Crippen MR) is 73.7 cm³/mol. The van der Waals surface area contributed by atoms with E-state index >= 15 is 0 Å². The molecule has 0 radical (unpaired) electrons. The molecule has 0 aromatic carbocycles. The lowest BCUT2D eigenvalue weighted by atomic mass is 10.3. The van der Waals surface area contributed by atoms with Crippen molar-refractivity contribution in [2.24, 2.45) is 0 Å². The Bertz CT molecular complexity index is 652. The van der Waals surface area contributed by atoms with Crippen molar-refractivity contribution in [1.29, 1.82) is 0 Å². The molecule has 0 saturated carbocycles. The van der Waals surface area contributed by atoms with Crippen LogP contribution in [0.4, 0.5) is 0 Å². The zero-order valence-electron chi connectivity index (χ0n) is 10.8. The maximum atomic E-state index is 11.8. The molecule has 2 N–H and O–H groups in total. The molecule has 0 aliphatic carbocycles. The van der Waals surface area contributed by atoms with Gasteiger partial charge in [-0.25, -0.2) is 0 Å². The molecule has 2 aromatic heterocycles. The first-order valence-electron chi connectivity index (χ1n) is 5.98. The van der Waals surface area contributed by atoms with E-state index < -0.39 is 6.10 Å². The van der Waals surface area contributed by atoms with Crippen LogP contribution in [0.2, 0.25) is 0 Å². The summed E-state index contributed by atoms with van der Waals surface area (Å²) in [6.07, 6.45) is 0.741. The van der Waals surface area contributed by atoms with Crippen LogP contribution in [-0.2, 0) is 6.54 Å². The summed E-state index contributed by atoms with van der Waals surface area (Å²) in [5, 5.41) is 16.2. The van der Waals surface area contributed by atoms with Crippen molar-refractivity contribution < 1.29 is 9.90 Å². The maximum absolute atomic E-state index is 11.8. The van der Waals surface area contributed by atoms with Crippen molar-refractivity contribution in [2.45, 2.75) is 19.6 Å². The van der Waals surface area contributed by atoms with Gasteiger partial charge in [-0.2, -0.15) is 0 Å². The van der Waals surface area contributed by atoms with Gasteiger partial charge in [-0.3, -0.25) is 9.59 Å². The van der Waals surface area contributed by atoms with Gasteiger partial charge in [0.1, 0.15) is 4.88 Å². The summed E-state index contributed by atoms with van der Waals surface area (Å²) < 4.78 is 5.06. The smallest absolute Gasteiger partial charge is 0.265 e. The number of nitrogens with zero attached hydrogens (tertiary/aromatic N) is 3. The van der Waals surface area contributed by atoms with Gasteiger partial charge in [0, 0.05) is 18.8 Å². The van der Waals surface area contributed by atoms with Gasteiger partial charge in [-0.05, 0) is 24.5 Å². The average molecular weight is 294 g/mol. The summed E-state index contributed by atoms with van der Waals surface area (Å²) in [5.74, 6) is -0.322. The zero-order chi connectivity index (χ0) is 14.5. The second kappa shape index (κ2) is 6.40. The van der Waals surface area contributed by atoms with Gasteiger partial charge in [0.25, 0.3) is 11.5 Å². The zero-order valence-corrected chi connectivity index (χ0v) is 11.6. The third kappa shape index (κ3) is 3.49. The summed E-state index contributed by atoms with van der Waals surface area (Å²) in [7, 11) is 0. The number of carbonyl (C=O) groups excluding carboxylic acids is 1. The summed E-state index contributed by atoms with van der Waals surface area (Å²) >= 11 is 1.01. The number of rotatable bonds is 5. The van der Waals surface area contributed by atoms with Gasteiger partial charge in [-0.15, -0.1) is 5.10 Å². The fourth-order valence-electron chi connectivity index (χ4n) is 1.63. The quantitative estimate of drug-likeness (QED) is 0.796. The van der Waals surface area contributed by atoms with Crippen LogP contribution >= 0.6 is 11.5 Å². The molecule has 8 heteroatoms. The molecular weight excluding hydrogens is 280 g/mol. The van der Waals surface area contributed by atoms with E-state index in [0.29, 0.717) is 10.6 Å². The van der Waals surface area contributed by atoms with Crippen LogP contribution in [0.25, 0.3) is 0 Å². The predicted octanol–water partition coefficient (Wildman–Crippen LogP) is -0.201. The van der Waals surface area contributed by atoms with Crippen LogP contribution in [0.15, 0.2) is 29.2 Å². The van der Waals surface area contributed by atoms with Crippen molar-refractivity contribution in [3.8, 4) is 0 Å². The minimum atomic E-state index is -0.847. The van der Waals surface area contributed by atoms with E-state index in [4.69, 9.17) is 0 Å². The van der Waals surface area contributed by atoms with E-state index in [1.807, 2.05) is 0 Å². The van der Waals surface area contributed by atoms with E-state index in [-0.39, 0.29) is 24.6 Å². The first-order chi connectivity index (χ1) is 9.58. The molecule has 1 amide bonds. The lowest BCUT2D eigenvalue weighted by molar-refractivity contribution is 0.0906. The van der Waals surface area contributed by atoms with Crippen molar-refractivity contribution >= 4 is 17.4 Å².